The number of carbonyl (C=O) groups excluding carboxylic acids is 1. The zero-order chi connectivity index (χ0) is 14.5. The van der Waals surface area contributed by atoms with E-state index in [1.165, 1.54) is 45.2 Å². The maximum Gasteiger partial charge on any atom is 0.319 e. The molecule has 4 heteroatoms. The number of hydrogen-bond donors (Lipinski definition) is 0. The lowest BCUT2D eigenvalue weighted by molar-refractivity contribution is 0.125. The van der Waals surface area contributed by atoms with E-state index < -0.39 is 0 Å². The van der Waals surface area contributed by atoms with E-state index >= 15 is 0 Å². The van der Waals surface area contributed by atoms with Gasteiger partial charge in [0.15, 0.2) is 0 Å². The highest BCUT2D eigenvalue weighted by Gasteiger charge is 2.26. The van der Waals surface area contributed by atoms with E-state index in [-0.39, 0.29) is 6.03 Å². The van der Waals surface area contributed by atoms with E-state index in [0.29, 0.717) is 5.92 Å². The molecule has 2 aliphatic heterocycles. The average molecular weight is 281 g/mol. The summed E-state index contributed by atoms with van der Waals surface area (Å²) in [5.41, 5.74) is 0. The van der Waals surface area contributed by atoms with Crippen molar-refractivity contribution in [2.45, 2.75) is 39.0 Å². The molecule has 0 N–H and O–H groups in total. The van der Waals surface area contributed by atoms with Crippen LogP contribution in [0.15, 0.2) is 0 Å². The molecule has 0 aliphatic carbocycles. The fourth-order valence-electron chi connectivity index (χ4n) is 3.48. The summed E-state index contributed by atoms with van der Waals surface area (Å²) in [5, 5.41) is 0. The van der Waals surface area contributed by atoms with E-state index in [1.807, 2.05) is 11.9 Å². The molecule has 0 radical (unpaired) electrons. The Labute approximate surface area is 124 Å². The summed E-state index contributed by atoms with van der Waals surface area (Å²) in [5.74, 6) is 1.52. The molecule has 116 valence electrons. The molecule has 2 saturated heterocycles. The first kappa shape index (κ1) is 15.6. The second-order valence-corrected chi connectivity index (χ2v) is 6.75. The Hall–Kier alpha value is -0.770. The van der Waals surface area contributed by atoms with Crippen LogP contribution in [0.5, 0.6) is 0 Å². The molecule has 0 aromatic rings. The van der Waals surface area contributed by atoms with Crippen molar-refractivity contribution in [3.63, 3.8) is 0 Å². The van der Waals surface area contributed by atoms with Crippen LogP contribution >= 0.6 is 0 Å². The van der Waals surface area contributed by atoms with Crippen molar-refractivity contribution >= 4 is 6.03 Å². The molecule has 0 aromatic heterocycles. The predicted octanol–water partition coefficient (Wildman–Crippen LogP) is 2.50. The molecule has 2 heterocycles. The van der Waals surface area contributed by atoms with Gasteiger partial charge in [0.25, 0.3) is 0 Å². The van der Waals surface area contributed by atoms with E-state index in [1.54, 1.807) is 0 Å². The lowest BCUT2D eigenvalue weighted by Crippen LogP contribution is -2.47. The second-order valence-electron chi connectivity index (χ2n) is 6.75. The molecule has 0 bridgehead atoms. The summed E-state index contributed by atoms with van der Waals surface area (Å²) in [6.45, 7) is 7.45. The largest absolute Gasteiger partial charge is 0.327 e. The third-order valence-corrected chi connectivity index (χ3v) is 5.16. The molecule has 20 heavy (non-hydrogen) atoms. The smallest absolute Gasteiger partial charge is 0.319 e. The molecule has 2 amide bonds. The summed E-state index contributed by atoms with van der Waals surface area (Å²) in [4.78, 5) is 18.9. The Morgan fingerprint density at radius 3 is 2.15 bits per heavy atom. The third-order valence-electron chi connectivity index (χ3n) is 5.16. The molecule has 2 aliphatic rings. The van der Waals surface area contributed by atoms with Gasteiger partial charge in [-0.15, -0.1) is 0 Å². The minimum absolute atomic E-state index is 0.249. The van der Waals surface area contributed by atoms with Gasteiger partial charge >= 0.3 is 6.03 Å². The van der Waals surface area contributed by atoms with Crippen molar-refractivity contribution in [1.29, 1.82) is 0 Å². The van der Waals surface area contributed by atoms with Crippen LogP contribution in [0.2, 0.25) is 0 Å². The summed E-state index contributed by atoms with van der Waals surface area (Å²) in [6, 6.07) is 0.249. The monoisotopic (exact) mass is 281 g/mol. The summed E-state index contributed by atoms with van der Waals surface area (Å²) < 4.78 is 0. The summed E-state index contributed by atoms with van der Waals surface area (Å²) in [6.07, 6.45) is 6.08. The van der Waals surface area contributed by atoms with Crippen molar-refractivity contribution in [3.05, 3.63) is 0 Å². The third kappa shape index (κ3) is 4.11. The van der Waals surface area contributed by atoms with Crippen molar-refractivity contribution in [1.82, 2.24) is 14.7 Å². The molecule has 2 fully saturated rings. The van der Waals surface area contributed by atoms with Gasteiger partial charge in [-0.2, -0.15) is 0 Å². The minimum atomic E-state index is 0.249. The highest BCUT2D eigenvalue weighted by molar-refractivity contribution is 5.74. The van der Waals surface area contributed by atoms with E-state index in [9.17, 15) is 4.79 Å². The predicted molar refractivity (Wildman–Crippen MR) is 82.8 cm³/mol. The first-order valence-electron chi connectivity index (χ1n) is 8.28. The van der Waals surface area contributed by atoms with Gasteiger partial charge in [-0.25, -0.2) is 4.79 Å². The topological polar surface area (TPSA) is 26.8 Å². The molecule has 0 saturated carbocycles. The van der Waals surface area contributed by atoms with Crippen molar-refractivity contribution in [3.8, 4) is 0 Å². The SMILES string of the molecule is CCC1CCN(C(=O)N(C)CC2CCN(C)CC2)CC1. The van der Waals surface area contributed by atoms with E-state index in [0.717, 1.165) is 25.6 Å². The number of likely N-dealkylation sites (tertiary alicyclic amines) is 2. The molecule has 0 aromatic carbocycles. The minimum Gasteiger partial charge on any atom is -0.327 e. The van der Waals surface area contributed by atoms with Gasteiger partial charge in [-0.3, -0.25) is 0 Å². The maximum absolute atomic E-state index is 12.5. The lowest BCUT2D eigenvalue weighted by atomic mass is 9.94. The fraction of sp³-hybridized carbons (Fsp3) is 0.938. The second kappa shape index (κ2) is 7.30. The van der Waals surface area contributed by atoms with Crippen molar-refractivity contribution < 1.29 is 4.79 Å². The standard InChI is InChI=1S/C16H31N3O/c1-4-14-7-11-19(12-8-14)16(20)18(3)13-15-5-9-17(2)10-6-15/h14-15H,4-13H2,1-3H3. The Kier molecular flexibility index (Phi) is 5.70. The lowest BCUT2D eigenvalue weighted by Gasteiger charge is -2.36. The first-order valence-corrected chi connectivity index (χ1v) is 8.28. The zero-order valence-corrected chi connectivity index (χ0v) is 13.5. The molecule has 0 unspecified atom stereocenters. The van der Waals surface area contributed by atoms with Crippen LogP contribution < -0.4 is 0 Å². The van der Waals surface area contributed by atoms with Crippen LogP contribution in [-0.4, -0.2) is 67.5 Å². The number of hydrogen-bond acceptors (Lipinski definition) is 2. The Morgan fingerprint density at radius 2 is 1.60 bits per heavy atom. The van der Waals surface area contributed by atoms with Gasteiger partial charge in [-0.1, -0.05) is 13.3 Å². The van der Waals surface area contributed by atoms with Gasteiger partial charge in [0, 0.05) is 26.7 Å². The molecular formula is C16H31N3O. The van der Waals surface area contributed by atoms with Gasteiger partial charge in [0.2, 0.25) is 0 Å². The average Bonchev–Trinajstić information content (AvgIpc) is 2.49. The maximum atomic E-state index is 12.5. The van der Waals surface area contributed by atoms with Crippen molar-refractivity contribution in [2.75, 3.05) is 46.8 Å². The van der Waals surface area contributed by atoms with Crippen molar-refractivity contribution in [2.24, 2.45) is 11.8 Å². The van der Waals surface area contributed by atoms with Gasteiger partial charge in [0.1, 0.15) is 0 Å². The van der Waals surface area contributed by atoms with Crippen LogP contribution in [0, 0.1) is 11.8 Å². The van der Waals surface area contributed by atoms with Crippen LogP contribution in [0.1, 0.15) is 39.0 Å². The quantitative estimate of drug-likeness (QED) is 0.794. The molecule has 0 spiro atoms. The number of rotatable bonds is 3. The fourth-order valence-corrected chi connectivity index (χ4v) is 3.48. The van der Waals surface area contributed by atoms with E-state index in [2.05, 4.69) is 23.8 Å². The number of amides is 2. The number of carbonyl (C=O) groups is 1. The van der Waals surface area contributed by atoms with Gasteiger partial charge in [-0.05, 0) is 57.7 Å². The Balaban J connectivity index is 1.74. The van der Waals surface area contributed by atoms with Crippen LogP contribution in [0.4, 0.5) is 4.79 Å². The summed E-state index contributed by atoms with van der Waals surface area (Å²) >= 11 is 0. The molecule has 0 atom stereocenters. The molecule has 2 rings (SSSR count). The van der Waals surface area contributed by atoms with Gasteiger partial charge < -0.3 is 14.7 Å². The van der Waals surface area contributed by atoms with Gasteiger partial charge in [0.05, 0.1) is 0 Å². The van der Waals surface area contributed by atoms with Crippen LogP contribution in [0.3, 0.4) is 0 Å². The number of piperidine rings is 2. The number of nitrogens with zero attached hydrogens (tertiary/aromatic N) is 3. The highest BCUT2D eigenvalue weighted by Crippen LogP contribution is 2.22. The Bertz CT molecular complexity index is 305. The van der Waals surface area contributed by atoms with Crippen LogP contribution in [0.25, 0.3) is 0 Å². The number of urea groups is 1. The van der Waals surface area contributed by atoms with E-state index in [4.69, 9.17) is 0 Å². The normalized spacial score (nSPS) is 23.1. The highest BCUT2D eigenvalue weighted by atomic mass is 16.2. The molecular weight excluding hydrogens is 250 g/mol. The summed E-state index contributed by atoms with van der Waals surface area (Å²) in [7, 11) is 4.16. The van der Waals surface area contributed by atoms with Crippen LogP contribution in [-0.2, 0) is 0 Å². The zero-order valence-electron chi connectivity index (χ0n) is 13.5. The molecule has 4 nitrogen and oxygen atoms in total. The Morgan fingerprint density at radius 1 is 1.05 bits per heavy atom. The first-order chi connectivity index (χ1) is 9.60.